The van der Waals surface area contributed by atoms with Gasteiger partial charge in [-0.25, -0.2) is 9.78 Å². The summed E-state index contributed by atoms with van der Waals surface area (Å²) in [6.45, 7) is 15.7. The minimum absolute atomic E-state index is 0.0152. The third-order valence-corrected chi connectivity index (χ3v) is 8.71. The molecule has 0 atom stereocenters. The summed E-state index contributed by atoms with van der Waals surface area (Å²) in [4.78, 5) is 45.6. The highest BCUT2D eigenvalue weighted by Crippen LogP contribution is 2.55. The van der Waals surface area contributed by atoms with E-state index in [9.17, 15) is 14.4 Å². The predicted molar refractivity (Wildman–Crippen MR) is 168 cm³/mol. The molecule has 0 unspecified atom stereocenters. The van der Waals surface area contributed by atoms with Gasteiger partial charge < -0.3 is 19.9 Å². The van der Waals surface area contributed by atoms with Gasteiger partial charge >= 0.3 is 5.97 Å². The molecule has 0 saturated heterocycles. The van der Waals surface area contributed by atoms with E-state index in [1.165, 1.54) is 0 Å². The second-order valence-electron chi connectivity index (χ2n) is 14.9. The Bertz CT molecular complexity index is 1580. The molecule has 0 bridgehead atoms. The Balaban J connectivity index is 1.70. The number of Topliss-reactive ketones (excluding diaryl/α,β-unsaturated/α-hetero) is 2. The molecule has 0 radical (unpaired) electrons. The fraction of sp³-hybridized carbons (Fsp3) is 0.500. The Hall–Kier alpha value is -3.78. The number of ether oxygens (including phenoxy) is 3. The maximum atomic E-state index is 13.9. The van der Waals surface area contributed by atoms with Crippen LogP contribution in [0.4, 0.5) is 0 Å². The lowest BCUT2D eigenvalue weighted by molar-refractivity contribution is -0.120. The zero-order chi connectivity index (χ0) is 32.4. The number of methoxy groups -OCH3 is 1. The second kappa shape index (κ2) is 11.0. The highest BCUT2D eigenvalue weighted by atomic mass is 16.5. The Morgan fingerprint density at radius 2 is 1.52 bits per heavy atom. The minimum Gasteiger partial charge on any atom is -0.496 e. The van der Waals surface area contributed by atoms with Gasteiger partial charge in [-0.05, 0) is 67.9 Å². The van der Waals surface area contributed by atoms with E-state index in [1.54, 1.807) is 21.0 Å². The van der Waals surface area contributed by atoms with Gasteiger partial charge in [0.15, 0.2) is 17.3 Å². The van der Waals surface area contributed by atoms with Crippen molar-refractivity contribution in [3.8, 4) is 17.0 Å². The first-order valence-corrected chi connectivity index (χ1v) is 15.2. The van der Waals surface area contributed by atoms with Crippen molar-refractivity contribution >= 4 is 17.5 Å². The lowest BCUT2D eigenvalue weighted by Crippen LogP contribution is -2.38. The predicted octanol–water partition coefficient (Wildman–Crippen LogP) is 6.67. The number of esters is 1. The molecule has 2 aliphatic carbocycles. The molecule has 1 aromatic heterocycles. The number of nitrogens with two attached hydrogens (primary N) is 1. The number of hydrogen-bond donors (Lipinski definition) is 1. The second-order valence-corrected chi connectivity index (χ2v) is 14.9. The SMILES string of the molecule is COc1ccc(-c2ccc(C)c(C(=O)OCC(C)(C)N)n2)c(C)c1C1C2=C(CC(C)(C)CC2=O)OC2=C1C(=O)CC(C)(C)C2. The quantitative estimate of drug-likeness (QED) is 0.366. The average Bonchev–Trinajstić information content (AvgIpc) is 2.89. The lowest BCUT2D eigenvalue weighted by atomic mass is 9.65. The maximum absolute atomic E-state index is 13.9. The van der Waals surface area contributed by atoms with E-state index in [1.807, 2.05) is 38.1 Å². The summed E-state index contributed by atoms with van der Waals surface area (Å²) in [5.41, 5.74) is 9.68. The van der Waals surface area contributed by atoms with Crippen LogP contribution < -0.4 is 10.5 Å². The van der Waals surface area contributed by atoms with Crippen molar-refractivity contribution in [2.75, 3.05) is 13.7 Å². The molecule has 2 N–H and O–H groups in total. The fourth-order valence-electron chi connectivity index (χ4n) is 6.69. The van der Waals surface area contributed by atoms with E-state index in [-0.39, 0.29) is 34.7 Å². The average molecular weight is 601 g/mol. The van der Waals surface area contributed by atoms with Crippen LogP contribution in [0.1, 0.15) is 100 Å². The van der Waals surface area contributed by atoms with E-state index in [4.69, 9.17) is 24.9 Å². The maximum Gasteiger partial charge on any atom is 0.357 e. The number of ketones is 2. The smallest absolute Gasteiger partial charge is 0.357 e. The highest BCUT2D eigenvalue weighted by molar-refractivity contribution is 6.06. The molecule has 0 fully saturated rings. The first-order chi connectivity index (χ1) is 20.4. The molecule has 0 amide bonds. The number of nitrogens with zero attached hydrogens (tertiary/aromatic N) is 1. The van der Waals surface area contributed by atoms with Gasteiger partial charge in [0.05, 0.1) is 18.7 Å². The molecule has 2 heterocycles. The summed E-state index contributed by atoms with van der Waals surface area (Å²) < 4.78 is 17.9. The van der Waals surface area contributed by atoms with Crippen LogP contribution in [0.3, 0.4) is 0 Å². The van der Waals surface area contributed by atoms with E-state index in [0.717, 1.165) is 16.7 Å². The molecule has 234 valence electrons. The van der Waals surface area contributed by atoms with Crippen LogP contribution in [0.15, 0.2) is 46.9 Å². The van der Waals surface area contributed by atoms with Gasteiger partial charge in [0.2, 0.25) is 0 Å². The molecule has 2 aromatic rings. The Labute approximate surface area is 260 Å². The molecule has 8 nitrogen and oxygen atoms in total. The van der Waals surface area contributed by atoms with Crippen LogP contribution >= 0.6 is 0 Å². The Morgan fingerprint density at radius 3 is 2.05 bits per heavy atom. The summed E-state index contributed by atoms with van der Waals surface area (Å²) >= 11 is 0. The van der Waals surface area contributed by atoms with Crippen molar-refractivity contribution in [1.29, 1.82) is 0 Å². The molecule has 0 spiro atoms. The fourth-order valence-corrected chi connectivity index (χ4v) is 6.69. The Morgan fingerprint density at radius 1 is 0.955 bits per heavy atom. The van der Waals surface area contributed by atoms with Crippen molar-refractivity contribution in [2.45, 2.75) is 92.5 Å². The number of allylic oxidation sites excluding steroid dienone is 4. The topological polar surface area (TPSA) is 118 Å². The van der Waals surface area contributed by atoms with E-state index in [0.29, 0.717) is 65.4 Å². The normalized spacial score (nSPS) is 19.8. The van der Waals surface area contributed by atoms with Crippen molar-refractivity contribution in [3.05, 3.63) is 69.3 Å². The van der Waals surface area contributed by atoms with Crippen LogP contribution in [0.25, 0.3) is 11.3 Å². The number of hydrogen-bond acceptors (Lipinski definition) is 8. The summed E-state index contributed by atoms with van der Waals surface area (Å²) in [5.74, 6) is 0.662. The van der Waals surface area contributed by atoms with Gasteiger partial charge in [-0.15, -0.1) is 0 Å². The van der Waals surface area contributed by atoms with Crippen LogP contribution in [0.2, 0.25) is 0 Å². The van der Waals surface area contributed by atoms with Crippen LogP contribution in [-0.4, -0.2) is 41.8 Å². The molecular formula is C36H44N2O6. The van der Waals surface area contributed by atoms with Gasteiger partial charge in [0.1, 0.15) is 23.9 Å². The van der Waals surface area contributed by atoms with Crippen molar-refractivity contribution in [3.63, 3.8) is 0 Å². The number of benzene rings is 1. The largest absolute Gasteiger partial charge is 0.496 e. The van der Waals surface area contributed by atoms with E-state index in [2.05, 4.69) is 27.7 Å². The van der Waals surface area contributed by atoms with E-state index >= 15 is 0 Å². The molecule has 1 aliphatic heterocycles. The third kappa shape index (κ3) is 5.96. The van der Waals surface area contributed by atoms with Gasteiger partial charge in [-0.2, -0.15) is 0 Å². The zero-order valence-electron chi connectivity index (χ0n) is 27.4. The van der Waals surface area contributed by atoms with Crippen LogP contribution in [0, 0.1) is 24.7 Å². The number of carbonyl (C=O) groups is 3. The molecular weight excluding hydrogens is 556 g/mol. The summed E-state index contributed by atoms with van der Waals surface area (Å²) in [5, 5.41) is 0. The van der Waals surface area contributed by atoms with Crippen molar-refractivity contribution < 1.29 is 28.6 Å². The van der Waals surface area contributed by atoms with Gasteiger partial charge in [-0.3, -0.25) is 9.59 Å². The summed E-state index contributed by atoms with van der Waals surface area (Å²) in [6.07, 6.45) is 1.92. The van der Waals surface area contributed by atoms with Gasteiger partial charge in [-0.1, -0.05) is 33.8 Å². The van der Waals surface area contributed by atoms with Crippen LogP contribution in [0.5, 0.6) is 5.75 Å². The molecule has 3 aliphatic rings. The number of carbonyl (C=O) groups excluding carboxylic acids is 3. The molecule has 1 aromatic carbocycles. The minimum atomic E-state index is -0.676. The molecule has 5 rings (SSSR count). The molecule has 44 heavy (non-hydrogen) atoms. The summed E-state index contributed by atoms with van der Waals surface area (Å²) in [6, 6.07) is 7.44. The monoisotopic (exact) mass is 600 g/mol. The zero-order valence-corrected chi connectivity index (χ0v) is 27.4. The van der Waals surface area contributed by atoms with Crippen molar-refractivity contribution in [2.24, 2.45) is 16.6 Å². The number of aryl methyl sites for hydroxylation is 1. The number of rotatable bonds is 6. The van der Waals surface area contributed by atoms with Crippen molar-refractivity contribution in [1.82, 2.24) is 4.98 Å². The molecule has 8 heteroatoms. The lowest BCUT2D eigenvalue weighted by Gasteiger charge is -2.43. The first kappa shape index (κ1) is 31.6. The third-order valence-electron chi connectivity index (χ3n) is 8.71. The van der Waals surface area contributed by atoms with Gasteiger partial charge in [0.25, 0.3) is 0 Å². The highest BCUT2D eigenvalue weighted by Gasteiger charge is 2.49. The first-order valence-electron chi connectivity index (χ1n) is 15.2. The number of pyridine rings is 1. The standard InChI is InChI=1S/C36H44N2O6/c1-19-10-12-22(38-32(19)33(41)43-18-36(7,8)37)21-11-13-25(42-9)28(20(21)2)31-29-23(39)14-34(3,4)16-26(29)44-27-17-35(5,6)15-24(40)30(27)31/h10-13,31H,14-18,37H2,1-9H3. The Kier molecular flexibility index (Phi) is 7.90. The van der Waals surface area contributed by atoms with E-state index < -0.39 is 17.4 Å². The summed E-state index contributed by atoms with van der Waals surface area (Å²) in [7, 11) is 1.59. The van der Waals surface area contributed by atoms with Crippen LogP contribution in [-0.2, 0) is 19.1 Å². The number of aromatic nitrogens is 1. The van der Waals surface area contributed by atoms with Gasteiger partial charge in [0, 0.05) is 53.5 Å². The molecule has 0 saturated carbocycles.